The van der Waals surface area contributed by atoms with Gasteiger partial charge in [0.15, 0.2) is 0 Å². The third-order valence-corrected chi connectivity index (χ3v) is 8.82. The number of para-hydroxylation sites is 4. The van der Waals surface area contributed by atoms with Crippen LogP contribution in [-0.2, 0) is 0 Å². The smallest absolute Gasteiger partial charge is 0.228 e. The molecule has 0 spiro atoms. The SMILES string of the molecule is c1ccc2c(-c3ccc(-n4c5ccccc5c5c6oc7ccccc7c6ccc54)cc3)c3c(nc2c1)oc1ccccc13. The summed E-state index contributed by atoms with van der Waals surface area (Å²) in [6, 6.07) is 46.6. The number of benzene rings is 6. The van der Waals surface area contributed by atoms with E-state index in [0.717, 1.165) is 82.4 Å². The van der Waals surface area contributed by atoms with Crippen LogP contribution >= 0.6 is 0 Å². The maximum atomic E-state index is 6.48. The van der Waals surface area contributed by atoms with Gasteiger partial charge in [-0.25, -0.2) is 4.98 Å². The minimum absolute atomic E-state index is 0.663. The van der Waals surface area contributed by atoms with Crippen LogP contribution in [0, 0.1) is 0 Å². The Morgan fingerprint density at radius 1 is 0.465 bits per heavy atom. The molecule has 0 aliphatic carbocycles. The first-order chi connectivity index (χ1) is 21.3. The fraction of sp³-hybridized carbons (Fsp3) is 0. The highest BCUT2D eigenvalue weighted by Crippen LogP contribution is 2.42. The van der Waals surface area contributed by atoms with Crippen molar-refractivity contribution < 1.29 is 8.83 Å². The molecule has 0 radical (unpaired) electrons. The molecule has 0 bridgehead atoms. The van der Waals surface area contributed by atoms with Crippen LogP contribution < -0.4 is 0 Å². The highest BCUT2D eigenvalue weighted by molar-refractivity contribution is 6.24. The van der Waals surface area contributed by atoms with Crippen LogP contribution in [0.4, 0.5) is 0 Å². The van der Waals surface area contributed by atoms with Gasteiger partial charge in [-0.1, -0.05) is 84.9 Å². The Bertz CT molecular complexity index is 2720. The highest BCUT2D eigenvalue weighted by Gasteiger charge is 2.20. The second-order valence-corrected chi connectivity index (χ2v) is 11.1. The molecular formula is C39H22N2O2. The fourth-order valence-electron chi connectivity index (χ4n) is 6.97. The van der Waals surface area contributed by atoms with Crippen molar-refractivity contribution in [3.63, 3.8) is 0 Å². The lowest BCUT2D eigenvalue weighted by molar-refractivity contribution is 0.656. The minimum Gasteiger partial charge on any atom is -0.455 e. The van der Waals surface area contributed by atoms with Crippen LogP contribution in [0.15, 0.2) is 142 Å². The Labute approximate surface area is 245 Å². The van der Waals surface area contributed by atoms with E-state index in [1.54, 1.807) is 0 Å². The lowest BCUT2D eigenvalue weighted by Crippen LogP contribution is -1.94. The Morgan fingerprint density at radius 3 is 1.98 bits per heavy atom. The van der Waals surface area contributed by atoms with E-state index >= 15 is 0 Å². The average Bonchev–Trinajstić information content (AvgIpc) is 3.73. The van der Waals surface area contributed by atoms with Gasteiger partial charge in [0.1, 0.15) is 16.7 Å². The molecule has 10 rings (SSSR count). The van der Waals surface area contributed by atoms with Gasteiger partial charge in [0.05, 0.1) is 27.3 Å². The minimum atomic E-state index is 0.663. The molecular weight excluding hydrogens is 528 g/mol. The van der Waals surface area contributed by atoms with Crippen molar-refractivity contribution in [2.24, 2.45) is 0 Å². The van der Waals surface area contributed by atoms with Gasteiger partial charge in [-0.15, -0.1) is 0 Å². The zero-order valence-electron chi connectivity index (χ0n) is 22.9. The molecule has 6 aromatic carbocycles. The number of furan rings is 2. The molecule has 0 amide bonds. The maximum absolute atomic E-state index is 6.48. The Hall–Kier alpha value is -5.87. The van der Waals surface area contributed by atoms with Crippen molar-refractivity contribution in [3.8, 4) is 16.8 Å². The highest BCUT2D eigenvalue weighted by atomic mass is 16.3. The van der Waals surface area contributed by atoms with Gasteiger partial charge in [-0.2, -0.15) is 0 Å². The second-order valence-electron chi connectivity index (χ2n) is 11.1. The summed E-state index contributed by atoms with van der Waals surface area (Å²) in [5, 5.41) is 7.83. The van der Waals surface area contributed by atoms with Gasteiger partial charge in [0, 0.05) is 38.2 Å². The van der Waals surface area contributed by atoms with Crippen molar-refractivity contribution in [1.29, 1.82) is 0 Å². The fourth-order valence-corrected chi connectivity index (χ4v) is 6.97. The summed E-state index contributed by atoms with van der Waals surface area (Å²) in [6.45, 7) is 0. The van der Waals surface area contributed by atoms with Crippen molar-refractivity contribution >= 4 is 76.7 Å². The zero-order chi connectivity index (χ0) is 28.1. The number of pyridine rings is 1. The number of aromatic nitrogens is 2. The van der Waals surface area contributed by atoms with Crippen molar-refractivity contribution in [2.45, 2.75) is 0 Å². The van der Waals surface area contributed by atoms with E-state index in [1.807, 2.05) is 30.3 Å². The van der Waals surface area contributed by atoms with Crippen molar-refractivity contribution in [2.75, 3.05) is 0 Å². The molecule has 0 aliphatic heterocycles. The molecule has 43 heavy (non-hydrogen) atoms. The van der Waals surface area contributed by atoms with Gasteiger partial charge in [0.2, 0.25) is 5.71 Å². The topological polar surface area (TPSA) is 44.1 Å². The van der Waals surface area contributed by atoms with Crippen LogP contribution in [0.2, 0.25) is 0 Å². The molecule has 0 atom stereocenters. The summed E-state index contributed by atoms with van der Waals surface area (Å²) in [5.41, 5.74) is 9.91. The van der Waals surface area contributed by atoms with E-state index in [9.17, 15) is 0 Å². The molecule has 10 aromatic rings. The number of rotatable bonds is 2. The monoisotopic (exact) mass is 550 g/mol. The first-order valence-corrected chi connectivity index (χ1v) is 14.5. The molecule has 0 unspecified atom stereocenters. The van der Waals surface area contributed by atoms with Gasteiger partial charge in [-0.05, 0) is 54.1 Å². The molecule has 0 N–H and O–H groups in total. The Kier molecular flexibility index (Phi) is 4.42. The Morgan fingerprint density at radius 2 is 1.14 bits per heavy atom. The Balaban J connectivity index is 1.24. The average molecular weight is 551 g/mol. The molecule has 0 fully saturated rings. The van der Waals surface area contributed by atoms with Crippen LogP contribution in [0.25, 0.3) is 93.5 Å². The summed E-state index contributed by atoms with van der Waals surface area (Å²) >= 11 is 0. The number of nitrogens with zero attached hydrogens (tertiary/aromatic N) is 2. The normalized spacial score (nSPS) is 12.2. The molecule has 4 heteroatoms. The van der Waals surface area contributed by atoms with Gasteiger partial charge in [0.25, 0.3) is 0 Å². The standard InChI is InChI=1S/C39H22N2O2/c1-5-13-30-27(10-1)35(37-29-12-4-8-16-34(29)43-39(37)40-30)23-17-19-24(20-18-23)41-31-14-6-2-11-28(31)36-32(41)22-21-26-25-9-3-7-15-33(25)42-38(26)36/h1-22H. The quantitative estimate of drug-likeness (QED) is 0.215. The molecule has 0 aliphatic rings. The van der Waals surface area contributed by atoms with Gasteiger partial charge >= 0.3 is 0 Å². The van der Waals surface area contributed by atoms with E-state index in [0.29, 0.717) is 5.71 Å². The summed E-state index contributed by atoms with van der Waals surface area (Å²) in [7, 11) is 0. The lowest BCUT2D eigenvalue weighted by atomic mass is 9.96. The van der Waals surface area contributed by atoms with E-state index in [2.05, 4.69) is 108 Å². The number of hydrogen-bond acceptors (Lipinski definition) is 3. The van der Waals surface area contributed by atoms with Crippen molar-refractivity contribution in [1.82, 2.24) is 9.55 Å². The summed E-state index contributed by atoms with van der Waals surface area (Å²) in [6.07, 6.45) is 0. The van der Waals surface area contributed by atoms with Crippen LogP contribution in [0.5, 0.6) is 0 Å². The molecule has 200 valence electrons. The van der Waals surface area contributed by atoms with Crippen molar-refractivity contribution in [3.05, 3.63) is 133 Å². The third kappa shape index (κ3) is 3.07. The third-order valence-electron chi connectivity index (χ3n) is 8.82. The second kappa shape index (κ2) is 8.34. The first-order valence-electron chi connectivity index (χ1n) is 14.5. The molecule has 0 saturated heterocycles. The lowest BCUT2D eigenvalue weighted by Gasteiger charge is -2.12. The van der Waals surface area contributed by atoms with E-state index in [4.69, 9.17) is 13.8 Å². The van der Waals surface area contributed by atoms with Gasteiger partial charge < -0.3 is 13.4 Å². The largest absolute Gasteiger partial charge is 0.455 e. The van der Waals surface area contributed by atoms with E-state index in [-0.39, 0.29) is 0 Å². The zero-order valence-corrected chi connectivity index (χ0v) is 22.9. The van der Waals surface area contributed by atoms with E-state index < -0.39 is 0 Å². The number of fused-ring (bicyclic) bond motifs is 11. The maximum Gasteiger partial charge on any atom is 0.228 e. The summed E-state index contributed by atoms with van der Waals surface area (Å²) in [5.74, 6) is 0. The predicted molar refractivity (Wildman–Crippen MR) is 176 cm³/mol. The van der Waals surface area contributed by atoms with E-state index in [1.165, 1.54) is 5.39 Å². The molecule has 4 heterocycles. The molecule has 4 aromatic heterocycles. The van der Waals surface area contributed by atoms with Crippen LogP contribution in [0.1, 0.15) is 0 Å². The van der Waals surface area contributed by atoms with Crippen LogP contribution in [0.3, 0.4) is 0 Å². The predicted octanol–water partition coefficient (Wildman–Crippen LogP) is 10.8. The molecule has 4 nitrogen and oxygen atoms in total. The summed E-state index contributed by atoms with van der Waals surface area (Å²) in [4.78, 5) is 4.89. The van der Waals surface area contributed by atoms with Gasteiger partial charge in [-0.3, -0.25) is 0 Å². The van der Waals surface area contributed by atoms with Crippen LogP contribution in [-0.4, -0.2) is 9.55 Å². The first kappa shape index (κ1) is 22.8. The summed E-state index contributed by atoms with van der Waals surface area (Å²) < 4.78 is 15.1. The number of hydrogen-bond donors (Lipinski definition) is 0. The molecule has 0 saturated carbocycles.